The second-order valence-corrected chi connectivity index (χ2v) is 12.6. The smallest absolute Gasteiger partial charge is 0.214 e. The molecule has 8 nitrogen and oxygen atoms in total. The van der Waals surface area contributed by atoms with Gasteiger partial charge in [0, 0.05) is 11.1 Å². The fourth-order valence-electron chi connectivity index (χ4n) is 3.68. The Morgan fingerprint density at radius 1 is 0.667 bits per heavy atom. The number of nitrogens with zero attached hydrogens (tertiary/aromatic N) is 2. The molecule has 0 bridgehead atoms. The van der Waals surface area contributed by atoms with Gasteiger partial charge in [0.2, 0.25) is 11.6 Å². The number of ketones is 2. The van der Waals surface area contributed by atoms with Crippen LogP contribution in [0.1, 0.15) is 89.4 Å². The molecule has 0 spiro atoms. The maximum atomic E-state index is 13.0. The molecule has 0 fully saturated rings. The van der Waals surface area contributed by atoms with E-state index in [4.69, 9.17) is 0 Å². The molecule has 33 heavy (non-hydrogen) atoms. The quantitative estimate of drug-likeness (QED) is 0.374. The highest BCUT2D eigenvalue weighted by molar-refractivity contribution is 7.91. The summed E-state index contributed by atoms with van der Waals surface area (Å²) in [5, 5.41) is 0. The summed E-state index contributed by atoms with van der Waals surface area (Å²) in [7, 11) is -7.22. The van der Waals surface area contributed by atoms with Crippen molar-refractivity contribution in [3.05, 3.63) is 58.2 Å². The van der Waals surface area contributed by atoms with Gasteiger partial charge in [0.1, 0.15) is 11.4 Å². The van der Waals surface area contributed by atoms with E-state index in [-0.39, 0.29) is 45.4 Å². The number of benzene rings is 1. The normalized spacial score (nSPS) is 13.6. The van der Waals surface area contributed by atoms with Crippen LogP contribution in [0.25, 0.3) is 0 Å². The minimum Gasteiger partial charge on any atom is -0.287 e. The van der Waals surface area contributed by atoms with Crippen molar-refractivity contribution in [3.63, 3.8) is 0 Å². The van der Waals surface area contributed by atoms with Crippen LogP contribution in [-0.4, -0.2) is 49.9 Å². The number of hydrogen-bond donors (Lipinski definition) is 0. The minimum absolute atomic E-state index is 0.0721. The third-order valence-corrected chi connectivity index (χ3v) is 8.73. The second-order valence-electron chi connectivity index (χ2n) is 8.26. The van der Waals surface area contributed by atoms with Gasteiger partial charge < -0.3 is 0 Å². The van der Waals surface area contributed by atoms with Crippen molar-refractivity contribution in [3.8, 4) is 0 Å². The summed E-state index contributed by atoms with van der Waals surface area (Å²) in [6.45, 7) is 3.82. The lowest BCUT2D eigenvalue weighted by Crippen LogP contribution is -2.27. The topological polar surface area (TPSA) is 128 Å². The number of hydrogen-bond acceptors (Lipinski definition) is 8. The number of fused-ring (bicyclic) bond motifs is 2. The van der Waals surface area contributed by atoms with Crippen LogP contribution in [0.3, 0.4) is 0 Å². The van der Waals surface area contributed by atoms with E-state index < -0.39 is 42.7 Å². The Morgan fingerprint density at radius 2 is 1.09 bits per heavy atom. The van der Waals surface area contributed by atoms with Crippen LogP contribution in [0.5, 0.6) is 0 Å². The first kappa shape index (κ1) is 25.2. The van der Waals surface area contributed by atoms with E-state index in [1.807, 2.05) is 13.8 Å². The largest absolute Gasteiger partial charge is 0.287 e. The Balaban J connectivity index is 2.08. The molecule has 1 aromatic carbocycles. The molecule has 0 amide bonds. The van der Waals surface area contributed by atoms with Gasteiger partial charge in [0.25, 0.3) is 0 Å². The van der Waals surface area contributed by atoms with Gasteiger partial charge in [0.15, 0.2) is 19.7 Å². The Bertz CT molecular complexity index is 1280. The summed E-state index contributed by atoms with van der Waals surface area (Å²) in [5.74, 6) is -2.28. The molecule has 1 heterocycles. The first-order valence-electron chi connectivity index (χ1n) is 11.1. The molecule has 1 aliphatic carbocycles. The number of sulfone groups is 2. The van der Waals surface area contributed by atoms with E-state index in [0.29, 0.717) is 19.3 Å². The van der Waals surface area contributed by atoms with Crippen LogP contribution in [-0.2, 0) is 31.2 Å². The summed E-state index contributed by atoms with van der Waals surface area (Å²) in [5.41, 5.74) is -0.276. The maximum Gasteiger partial charge on any atom is 0.214 e. The molecule has 0 aliphatic heterocycles. The summed E-state index contributed by atoms with van der Waals surface area (Å²) < 4.78 is 50.7. The monoisotopic (exact) mass is 492 g/mol. The zero-order valence-corrected chi connectivity index (χ0v) is 20.5. The van der Waals surface area contributed by atoms with Gasteiger partial charge in [-0.1, -0.05) is 57.4 Å². The van der Waals surface area contributed by atoms with Crippen molar-refractivity contribution in [2.24, 2.45) is 0 Å². The third kappa shape index (κ3) is 5.92. The van der Waals surface area contributed by atoms with E-state index in [9.17, 15) is 26.4 Å². The van der Waals surface area contributed by atoms with Crippen LogP contribution in [0.15, 0.2) is 24.3 Å². The van der Waals surface area contributed by atoms with Crippen molar-refractivity contribution in [2.75, 3.05) is 11.5 Å². The summed E-state index contributed by atoms with van der Waals surface area (Å²) in [6, 6.07) is 6.25. The zero-order valence-electron chi connectivity index (χ0n) is 18.8. The SMILES string of the molecule is CCCCCS(=O)(=O)Cc1nc2c(nc1CS(=O)(=O)CCCC)C(=O)c1ccccc1C2=O. The summed E-state index contributed by atoms with van der Waals surface area (Å²) in [4.78, 5) is 34.5. The molecule has 0 N–H and O–H groups in total. The van der Waals surface area contributed by atoms with Crippen LogP contribution < -0.4 is 0 Å². The predicted molar refractivity (Wildman–Crippen MR) is 125 cm³/mol. The van der Waals surface area contributed by atoms with Crippen molar-refractivity contribution in [1.82, 2.24) is 9.97 Å². The molecule has 0 saturated heterocycles. The molecule has 3 rings (SSSR count). The third-order valence-electron chi connectivity index (χ3n) is 5.48. The Kier molecular flexibility index (Phi) is 7.79. The zero-order chi connectivity index (χ0) is 24.2. The molecule has 0 radical (unpaired) electrons. The standard InChI is InChI=1S/C23H28N2O6S2/c1-3-5-9-13-33(30,31)15-19-18(14-32(28,29)12-6-4-2)24-20-21(25-19)23(27)17-11-8-7-10-16(17)22(20)26/h7-8,10-11H,3-6,9,12-15H2,1-2H3. The van der Waals surface area contributed by atoms with E-state index in [2.05, 4.69) is 9.97 Å². The lowest BCUT2D eigenvalue weighted by atomic mass is 9.89. The molecule has 0 atom stereocenters. The average Bonchev–Trinajstić information content (AvgIpc) is 2.76. The first-order valence-corrected chi connectivity index (χ1v) is 14.7. The van der Waals surface area contributed by atoms with Gasteiger partial charge >= 0.3 is 0 Å². The molecule has 1 aromatic heterocycles. The molecule has 10 heteroatoms. The van der Waals surface area contributed by atoms with Crippen molar-refractivity contribution in [2.45, 2.75) is 57.5 Å². The number of aromatic nitrogens is 2. The Hall–Kier alpha value is -2.46. The van der Waals surface area contributed by atoms with Crippen molar-refractivity contribution >= 4 is 31.2 Å². The second kappa shape index (κ2) is 10.2. The van der Waals surface area contributed by atoms with Crippen LogP contribution >= 0.6 is 0 Å². The van der Waals surface area contributed by atoms with Crippen LogP contribution in [0, 0.1) is 0 Å². The molecule has 0 unspecified atom stereocenters. The molecule has 1 aliphatic rings. The molecule has 0 saturated carbocycles. The Morgan fingerprint density at radius 3 is 1.52 bits per heavy atom. The molecular weight excluding hydrogens is 464 g/mol. The predicted octanol–water partition coefficient (Wildman–Crippen LogP) is 3.07. The summed E-state index contributed by atoms with van der Waals surface area (Å²) in [6.07, 6.45) is 3.21. The van der Waals surface area contributed by atoms with Crippen molar-refractivity contribution < 1.29 is 26.4 Å². The highest BCUT2D eigenvalue weighted by Crippen LogP contribution is 2.27. The summed E-state index contributed by atoms with van der Waals surface area (Å²) >= 11 is 0. The van der Waals surface area contributed by atoms with E-state index in [1.54, 1.807) is 12.1 Å². The number of carbonyl (C=O) groups excluding carboxylic acids is 2. The average molecular weight is 493 g/mol. The maximum absolute atomic E-state index is 13.0. The number of rotatable bonds is 11. The fourth-order valence-corrected chi connectivity index (χ4v) is 6.64. The van der Waals surface area contributed by atoms with Gasteiger partial charge in [-0.25, -0.2) is 26.8 Å². The van der Waals surface area contributed by atoms with Crippen LogP contribution in [0.2, 0.25) is 0 Å². The molecular formula is C23H28N2O6S2. The lowest BCUT2D eigenvalue weighted by Gasteiger charge is -2.18. The first-order chi connectivity index (χ1) is 15.6. The Labute approximate surface area is 194 Å². The highest BCUT2D eigenvalue weighted by Gasteiger charge is 2.34. The van der Waals surface area contributed by atoms with E-state index in [0.717, 1.165) is 12.8 Å². The highest BCUT2D eigenvalue weighted by atomic mass is 32.2. The van der Waals surface area contributed by atoms with Gasteiger partial charge in [-0.05, 0) is 12.8 Å². The van der Waals surface area contributed by atoms with Crippen LogP contribution in [0.4, 0.5) is 0 Å². The van der Waals surface area contributed by atoms with E-state index in [1.165, 1.54) is 12.1 Å². The molecule has 178 valence electrons. The number of carbonyl (C=O) groups is 2. The van der Waals surface area contributed by atoms with Gasteiger partial charge in [-0.3, -0.25) is 9.59 Å². The minimum atomic E-state index is -3.61. The lowest BCUT2D eigenvalue weighted by molar-refractivity contribution is 0.0971. The van der Waals surface area contributed by atoms with Crippen molar-refractivity contribution in [1.29, 1.82) is 0 Å². The van der Waals surface area contributed by atoms with Gasteiger partial charge in [-0.2, -0.15) is 0 Å². The van der Waals surface area contributed by atoms with E-state index >= 15 is 0 Å². The van der Waals surface area contributed by atoms with Gasteiger partial charge in [-0.15, -0.1) is 0 Å². The number of unbranched alkanes of at least 4 members (excludes halogenated alkanes) is 3. The van der Waals surface area contributed by atoms with Gasteiger partial charge in [0.05, 0.1) is 34.4 Å². The fraction of sp³-hybridized carbons (Fsp3) is 0.478. The molecule has 2 aromatic rings.